The summed E-state index contributed by atoms with van der Waals surface area (Å²) in [4.78, 5) is 0. The van der Waals surface area contributed by atoms with Crippen molar-refractivity contribution in [3.05, 3.63) is 0 Å². The average Bonchev–Trinajstić information content (AvgIpc) is 1.95. The second kappa shape index (κ2) is 3.22. The van der Waals surface area contributed by atoms with Gasteiger partial charge in [-0.25, -0.2) is 8.42 Å². The third kappa shape index (κ3) is 2.03. The van der Waals surface area contributed by atoms with Gasteiger partial charge in [0.05, 0.1) is 10.9 Å². The summed E-state index contributed by atoms with van der Waals surface area (Å²) < 4.78 is 22.1. The predicted molar refractivity (Wildman–Crippen MR) is 51.0 cm³/mol. The Morgan fingerprint density at radius 1 is 1.62 bits per heavy atom. The van der Waals surface area contributed by atoms with Crippen LogP contribution in [-0.2, 0) is 9.84 Å². The maximum absolute atomic E-state index is 11.1. The van der Waals surface area contributed by atoms with Crippen LogP contribution in [0.15, 0.2) is 0 Å². The van der Waals surface area contributed by atoms with E-state index in [2.05, 4.69) is 0 Å². The molecule has 1 rings (SSSR count). The van der Waals surface area contributed by atoms with Crippen LogP contribution in [0.25, 0.3) is 0 Å². The molecule has 0 spiro atoms. The summed E-state index contributed by atoms with van der Waals surface area (Å²) >= 11 is 0. The fraction of sp³-hybridized carbons (Fsp3) is 1.00. The first kappa shape index (κ1) is 10.9. The highest BCUT2D eigenvalue weighted by atomic mass is 32.2. The zero-order valence-electron chi connectivity index (χ0n) is 8.03. The second-order valence-corrected chi connectivity index (χ2v) is 6.43. The SMILES string of the molecule is CC(CN)C1(O)CC(S(C)(=O)=O)C1. The largest absolute Gasteiger partial charge is 0.389 e. The van der Waals surface area contributed by atoms with E-state index in [1.54, 1.807) is 0 Å². The Morgan fingerprint density at radius 3 is 2.38 bits per heavy atom. The highest BCUT2D eigenvalue weighted by Gasteiger charge is 2.49. The van der Waals surface area contributed by atoms with E-state index in [-0.39, 0.29) is 11.2 Å². The molecule has 1 aliphatic rings. The number of hydrogen-bond donors (Lipinski definition) is 2. The molecule has 13 heavy (non-hydrogen) atoms. The number of aliphatic hydroxyl groups is 1. The van der Waals surface area contributed by atoms with Gasteiger partial charge < -0.3 is 10.8 Å². The summed E-state index contributed by atoms with van der Waals surface area (Å²) in [5, 5.41) is 9.50. The van der Waals surface area contributed by atoms with Gasteiger partial charge in [0.25, 0.3) is 0 Å². The number of sulfone groups is 1. The van der Waals surface area contributed by atoms with E-state index in [9.17, 15) is 13.5 Å². The highest BCUT2D eigenvalue weighted by molar-refractivity contribution is 7.91. The first-order chi connectivity index (χ1) is 5.79. The Kier molecular flexibility index (Phi) is 2.71. The maximum Gasteiger partial charge on any atom is 0.150 e. The minimum absolute atomic E-state index is 0.0227. The van der Waals surface area contributed by atoms with Crippen molar-refractivity contribution >= 4 is 9.84 Å². The second-order valence-electron chi connectivity index (χ2n) is 4.10. The van der Waals surface area contributed by atoms with Crippen molar-refractivity contribution in [2.45, 2.75) is 30.6 Å². The van der Waals surface area contributed by atoms with E-state index in [0.717, 1.165) is 0 Å². The Morgan fingerprint density at radius 2 is 2.08 bits per heavy atom. The van der Waals surface area contributed by atoms with Gasteiger partial charge in [-0.15, -0.1) is 0 Å². The lowest BCUT2D eigenvalue weighted by atomic mass is 9.71. The van der Waals surface area contributed by atoms with Gasteiger partial charge in [-0.3, -0.25) is 0 Å². The molecule has 1 aliphatic carbocycles. The van der Waals surface area contributed by atoms with Crippen LogP contribution >= 0.6 is 0 Å². The molecule has 0 aromatic heterocycles. The van der Waals surface area contributed by atoms with Crippen molar-refractivity contribution < 1.29 is 13.5 Å². The third-order valence-corrected chi connectivity index (χ3v) is 4.58. The van der Waals surface area contributed by atoms with E-state index in [1.165, 1.54) is 6.26 Å². The standard InChI is InChI=1S/C8H17NO3S/c1-6(5-9)8(10)3-7(4-8)13(2,11)12/h6-7,10H,3-5,9H2,1-2H3. The first-order valence-corrected chi connectivity index (χ1v) is 6.36. The number of nitrogens with two attached hydrogens (primary N) is 1. The Hall–Kier alpha value is -0.130. The molecule has 0 amide bonds. The normalized spacial score (nSPS) is 36.8. The molecule has 0 heterocycles. The van der Waals surface area contributed by atoms with Crippen LogP contribution < -0.4 is 5.73 Å². The minimum Gasteiger partial charge on any atom is -0.389 e. The number of rotatable bonds is 3. The summed E-state index contributed by atoms with van der Waals surface area (Å²) in [7, 11) is -2.98. The summed E-state index contributed by atoms with van der Waals surface area (Å²) in [6, 6.07) is 0. The van der Waals surface area contributed by atoms with E-state index in [0.29, 0.717) is 19.4 Å². The zero-order valence-corrected chi connectivity index (χ0v) is 8.84. The number of hydrogen-bond acceptors (Lipinski definition) is 4. The van der Waals surface area contributed by atoms with Gasteiger partial charge in [0.2, 0.25) is 0 Å². The van der Waals surface area contributed by atoms with Crippen LogP contribution in [0.3, 0.4) is 0 Å². The lowest BCUT2D eigenvalue weighted by Gasteiger charge is -2.46. The zero-order chi connectivity index (χ0) is 10.3. The van der Waals surface area contributed by atoms with Crippen LogP contribution in [0.1, 0.15) is 19.8 Å². The quantitative estimate of drug-likeness (QED) is 0.655. The van der Waals surface area contributed by atoms with Crippen molar-refractivity contribution in [2.75, 3.05) is 12.8 Å². The van der Waals surface area contributed by atoms with Crippen molar-refractivity contribution in [3.63, 3.8) is 0 Å². The lowest BCUT2D eigenvalue weighted by Crippen LogP contribution is -2.55. The fourth-order valence-electron chi connectivity index (χ4n) is 1.65. The smallest absolute Gasteiger partial charge is 0.150 e. The van der Waals surface area contributed by atoms with Gasteiger partial charge in [-0.1, -0.05) is 6.92 Å². The molecule has 5 heteroatoms. The van der Waals surface area contributed by atoms with E-state index >= 15 is 0 Å². The summed E-state index contributed by atoms with van der Waals surface area (Å²) in [6.07, 6.45) is 1.89. The van der Waals surface area contributed by atoms with Gasteiger partial charge in [0.15, 0.2) is 9.84 Å². The molecule has 3 N–H and O–H groups in total. The molecular weight excluding hydrogens is 190 g/mol. The molecule has 0 saturated heterocycles. The van der Waals surface area contributed by atoms with Crippen molar-refractivity contribution in [1.82, 2.24) is 0 Å². The van der Waals surface area contributed by atoms with Crippen molar-refractivity contribution in [2.24, 2.45) is 11.7 Å². The Balaban J connectivity index is 2.58. The topological polar surface area (TPSA) is 80.4 Å². The Bertz CT molecular complexity index is 280. The van der Waals surface area contributed by atoms with E-state index in [1.807, 2.05) is 6.92 Å². The van der Waals surface area contributed by atoms with Gasteiger partial charge in [0.1, 0.15) is 0 Å². The molecule has 0 aromatic rings. The van der Waals surface area contributed by atoms with Gasteiger partial charge in [0, 0.05) is 6.26 Å². The van der Waals surface area contributed by atoms with Crippen LogP contribution in [0, 0.1) is 5.92 Å². The molecular formula is C8H17NO3S. The molecule has 4 nitrogen and oxygen atoms in total. The van der Waals surface area contributed by atoms with Gasteiger partial charge in [-0.2, -0.15) is 0 Å². The van der Waals surface area contributed by atoms with Crippen molar-refractivity contribution in [1.29, 1.82) is 0 Å². The first-order valence-electron chi connectivity index (χ1n) is 4.41. The monoisotopic (exact) mass is 207 g/mol. The Labute approximate surface area is 79.0 Å². The molecule has 1 unspecified atom stereocenters. The molecule has 0 radical (unpaired) electrons. The summed E-state index contributed by atoms with van der Waals surface area (Å²) in [5.74, 6) is -0.0227. The van der Waals surface area contributed by atoms with E-state index < -0.39 is 15.4 Å². The average molecular weight is 207 g/mol. The lowest BCUT2D eigenvalue weighted by molar-refractivity contribution is -0.0716. The highest BCUT2D eigenvalue weighted by Crippen LogP contribution is 2.41. The molecule has 1 fully saturated rings. The molecule has 1 atom stereocenters. The molecule has 1 saturated carbocycles. The molecule has 0 aromatic carbocycles. The van der Waals surface area contributed by atoms with Crippen LogP contribution in [0.4, 0.5) is 0 Å². The predicted octanol–water partition coefficient (Wildman–Crippen LogP) is -0.481. The van der Waals surface area contributed by atoms with E-state index in [4.69, 9.17) is 5.73 Å². The maximum atomic E-state index is 11.1. The summed E-state index contributed by atoms with van der Waals surface area (Å²) in [5.41, 5.74) is 4.57. The molecule has 0 aliphatic heterocycles. The fourth-order valence-corrected chi connectivity index (χ4v) is 2.84. The van der Waals surface area contributed by atoms with Crippen LogP contribution in [-0.4, -0.2) is 37.2 Å². The van der Waals surface area contributed by atoms with Gasteiger partial charge >= 0.3 is 0 Å². The van der Waals surface area contributed by atoms with Crippen molar-refractivity contribution in [3.8, 4) is 0 Å². The third-order valence-electron chi connectivity index (χ3n) is 3.04. The van der Waals surface area contributed by atoms with Crippen LogP contribution in [0.2, 0.25) is 0 Å². The van der Waals surface area contributed by atoms with Crippen LogP contribution in [0.5, 0.6) is 0 Å². The molecule has 78 valence electrons. The minimum atomic E-state index is -2.98. The molecule has 0 bridgehead atoms. The summed E-state index contributed by atoms with van der Waals surface area (Å²) in [6.45, 7) is 2.24. The van der Waals surface area contributed by atoms with Gasteiger partial charge in [-0.05, 0) is 25.3 Å².